The first-order valence-electron chi connectivity index (χ1n) is 6.29. The minimum absolute atomic E-state index is 0.632. The van der Waals surface area contributed by atoms with Crippen LogP contribution < -0.4 is 0 Å². The van der Waals surface area contributed by atoms with Gasteiger partial charge in [-0.2, -0.15) is 0 Å². The van der Waals surface area contributed by atoms with Gasteiger partial charge in [0.15, 0.2) is 0 Å². The molecule has 3 aromatic rings. The Labute approximate surface area is 125 Å². The van der Waals surface area contributed by atoms with Crippen LogP contribution in [0.15, 0.2) is 48.5 Å². The molecule has 0 aliphatic carbocycles. The molecule has 0 bridgehead atoms. The number of hydrogen-bond donors (Lipinski definition) is 0. The fourth-order valence-corrected chi connectivity index (χ4v) is 2.61. The Balaban J connectivity index is 1.96. The summed E-state index contributed by atoms with van der Waals surface area (Å²) in [7, 11) is 0. The molecule has 0 atom stereocenters. The van der Waals surface area contributed by atoms with Crippen LogP contribution >= 0.6 is 15.9 Å². The van der Waals surface area contributed by atoms with Crippen LogP contribution in [-0.4, -0.2) is 20.2 Å². The highest BCUT2D eigenvalue weighted by molar-refractivity contribution is 9.08. The van der Waals surface area contributed by atoms with E-state index in [1.54, 1.807) is 4.80 Å². The number of benzene rings is 2. The predicted octanol–water partition coefficient (Wildman–Crippen LogP) is 3.53. The first-order valence-corrected chi connectivity index (χ1v) is 7.41. The van der Waals surface area contributed by atoms with Crippen LogP contribution in [0.4, 0.5) is 0 Å². The number of aryl methyl sites for hydroxylation is 1. The molecule has 2 aromatic carbocycles. The van der Waals surface area contributed by atoms with Crippen molar-refractivity contribution in [2.45, 2.75) is 12.3 Å². The van der Waals surface area contributed by atoms with Crippen molar-refractivity contribution in [3.05, 3.63) is 59.7 Å². The first kappa shape index (κ1) is 13.0. The molecular weight excluding hydrogens is 316 g/mol. The van der Waals surface area contributed by atoms with E-state index in [2.05, 4.69) is 50.4 Å². The molecular formula is C15H13BrN4. The second-order valence-electron chi connectivity index (χ2n) is 4.51. The van der Waals surface area contributed by atoms with Gasteiger partial charge in [-0.05, 0) is 35.4 Å². The first-order chi connectivity index (χ1) is 9.78. The third-order valence-electron chi connectivity index (χ3n) is 3.15. The molecule has 100 valence electrons. The van der Waals surface area contributed by atoms with Crippen molar-refractivity contribution in [1.82, 2.24) is 20.2 Å². The summed E-state index contributed by atoms with van der Waals surface area (Å²) in [5, 5.41) is 13.5. The highest BCUT2D eigenvalue weighted by Gasteiger charge is 2.07. The topological polar surface area (TPSA) is 43.6 Å². The molecule has 20 heavy (non-hydrogen) atoms. The number of aromatic nitrogens is 4. The molecule has 4 nitrogen and oxygen atoms in total. The second-order valence-corrected chi connectivity index (χ2v) is 5.07. The third kappa shape index (κ3) is 2.49. The van der Waals surface area contributed by atoms with Gasteiger partial charge in [0.1, 0.15) is 0 Å². The molecule has 0 unspecified atom stereocenters. The Bertz CT molecular complexity index is 722. The Hall–Kier alpha value is -2.01. The average Bonchev–Trinajstić information content (AvgIpc) is 2.98. The maximum atomic E-state index is 4.43. The quantitative estimate of drug-likeness (QED) is 0.691. The van der Waals surface area contributed by atoms with E-state index < -0.39 is 0 Å². The van der Waals surface area contributed by atoms with Gasteiger partial charge in [-0.1, -0.05) is 52.3 Å². The maximum Gasteiger partial charge on any atom is 0.205 e. The fourth-order valence-electron chi connectivity index (χ4n) is 1.98. The third-order valence-corrected chi connectivity index (χ3v) is 3.75. The molecule has 3 rings (SSSR count). The van der Waals surface area contributed by atoms with Crippen LogP contribution in [0.2, 0.25) is 0 Å². The van der Waals surface area contributed by atoms with Crippen molar-refractivity contribution in [2.75, 3.05) is 0 Å². The molecule has 0 radical (unpaired) electrons. The molecule has 0 saturated carbocycles. The molecule has 1 heterocycles. The minimum atomic E-state index is 0.632. The second kappa shape index (κ2) is 5.54. The standard InChI is InChI=1S/C15H13BrN4/c1-11-9-14(8-7-13(11)10-16)20-18-15(17-19-20)12-5-3-2-4-6-12/h2-9H,10H2,1H3. The number of nitrogens with zero attached hydrogens (tertiary/aromatic N) is 4. The van der Waals surface area contributed by atoms with Gasteiger partial charge in [-0.15, -0.1) is 15.0 Å². The van der Waals surface area contributed by atoms with Gasteiger partial charge < -0.3 is 0 Å². The van der Waals surface area contributed by atoms with Crippen LogP contribution in [0.25, 0.3) is 17.1 Å². The normalized spacial score (nSPS) is 10.7. The molecule has 0 aliphatic rings. The number of tetrazole rings is 1. The smallest absolute Gasteiger partial charge is 0.130 e. The lowest BCUT2D eigenvalue weighted by atomic mass is 10.1. The molecule has 0 N–H and O–H groups in total. The molecule has 5 heteroatoms. The maximum absolute atomic E-state index is 4.43. The average molecular weight is 329 g/mol. The van der Waals surface area contributed by atoms with Crippen molar-refractivity contribution < 1.29 is 0 Å². The van der Waals surface area contributed by atoms with Gasteiger partial charge in [-0.25, -0.2) is 0 Å². The van der Waals surface area contributed by atoms with Crippen molar-refractivity contribution in [2.24, 2.45) is 0 Å². The summed E-state index contributed by atoms with van der Waals surface area (Å²) in [6, 6.07) is 16.0. The highest BCUT2D eigenvalue weighted by Crippen LogP contribution is 2.17. The lowest BCUT2D eigenvalue weighted by molar-refractivity contribution is 0.719. The van der Waals surface area contributed by atoms with Gasteiger partial charge in [0.25, 0.3) is 0 Å². The van der Waals surface area contributed by atoms with E-state index in [1.165, 1.54) is 11.1 Å². The van der Waals surface area contributed by atoms with Gasteiger partial charge in [0, 0.05) is 10.9 Å². The molecule has 1 aromatic heterocycles. The monoisotopic (exact) mass is 328 g/mol. The Kier molecular flexibility index (Phi) is 3.60. The number of rotatable bonds is 3. The van der Waals surface area contributed by atoms with E-state index in [-0.39, 0.29) is 0 Å². The van der Waals surface area contributed by atoms with E-state index in [4.69, 9.17) is 0 Å². The van der Waals surface area contributed by atoms with Crippen LogP contribution in [0.1, 0.15) is 11.1 Å². The molecule has 0 amide bonds. The number of halogens is 1. The highest BCUT2D eigenvalue weighted by atomic mass is 79.9. The summed E-state index contributed by atoms with van der Waals surface area (Å²) in [6.45, 7) is 2.08. The van der Waals surface area contributed by atoms with Crippen molar-refractivity contribution >= 4 is 15.9 Å². The van der Waals surface area contributed by atoms with Gasteiger partial charge in [-0.3, -0.25) is 0 Å². The van der Waals surface area contributed by atoms with Gasteiger partial charge in [0.2, 0.25) is 5.82 Å². The molecule has 0 fully saturated rings. The van der Waals surface area contributed by atoms with E-state index >= 15 is 0 Å². The SMILES string of the molecule is Cc1cc(-n2nnc(-c3ccccc3)n2)ccc1CBr. The van der Waals surface area contributed by atoms with Crippen molar-refractivity contribution in [3.63, 3.8) is 0 Å². The summed E-state index contributed by atoms with van der Waals surface area (Å²) < 4.78 is 0. The fraction of sp³-hybridized carbons (Fsp3) is 0.133. The van der Waals surface area contributed by atoms with Crippen LogP contribution in [-0.2, 0) is 5.33 Å². The van der Waals surface area contributed by atoms with Gasteiger partial charge in [0.05, 0.1) is 5.69 Å². The Morgan fingerprint density at radius 1 is 1.10 bits per heavy atom. The Morgan fingerprint density at radius 2 is 1.90 bits per heavy atom. The lowest BCUT2D eigenvalue weighted by Gasteiger charge is -2.04. The van der Waals surface area contributed by atoms with E-state index in [0.717, 1.165) is 16.6 Å². The van der Waals surface area contributed by atoms with Crippen molar-refractivity contribution in [3.8, 4) is 17.1 Å². The van der Waals surface area contributed by atoms with Crippen LogP contribution in [0.3, 0.4) is 0 Å². The Morgan fingerprint density at radius 3 is 2.60 bits per heavy atom. The molecule has 0 saturated heterocycles. The minimum Gasteiger partial charge on any atom is -0.130 e. The predicted molar refractivity (Wildman–Crippen MR) is 82.0 cm³/mol. The molecule has 0 aliphatic heterocycles. The lowest BCUT2D eigenvalue weighted by Crippen LogP contribution is -2.00. The summed E-state index contributed by atoms with van der Waals surface area (Å²) in [4.78, 5) is 1.56. The zero-order chi connectivity index (χ0) is 13.9. The van der Waals surface area contributed by atoms with E-state index in [1.807, 2.05) is 36.4 Å². The summed E-state index contributed by atoms with van der Waals surface area (Å²) in [5.41, 5.74) is 4.35. The van der Waals surface area contributed by atoms with E-state index in [9.17, 15) is 0 Å². The molecule has 0 spiro atoms. The zero-order valence-corrected chi connectivity index (χ0v) is 12.6. The van der Waals surface area contributed by atoms with Gasteiger partial charge >= 0.3 is 0 Å². The largest absolute Gasteiger partial charge is 0.205 e. The summed E-state index contributed by atoms with van der Waals surface area (Å²) in [5.74, 6) is 0.632. The summed E-state index contributed by atoms with van der Waals surface area (Å²) in [6.07, 6.45) is 0. The van der Waals surface area contributed by atoms with Crippen LogP contribution in [0, 0.1) is 6.92 Å². The number of alkyl halides is 1. The number of hydrogen-bond acceptors (Lipinski definition) is 3. The van der Waals surface area contributed by atoms with E-state index in [0.29, 0.717) is 5.82 Å². The van der Waals surface area contributed by atoms with Crippen molar-refractivity contribution in [1.29, 1.82) is 0 Å². The summed E-state index contributed by atoms with van der Waals surface area (Å²) >= 11 is 3.47. The van der Waals surface area contributed by atoms with Crippen LogP contribution in [0.5, 0.6) is 0 Å². The zero-order valence-electron chi connectivity index (χ0n) is 11.0.